The number of anilines is 2. The molecule has 0 aliphatic carbocycles. The highest BCUT2D eigenvalue weighted by atomic mass is 32.2. The van der Waals surface area contributed by atoms with E-state index in [-0.39, 0.29) is 21.1 Å². The van der Waals surface area contributed by atoms with Crippen LogP contribution in [0, 0.1) is 18.6 Å². The summed E-state index contributed by atoms with van der Waals surface area (Å²) in [6.45, 7) is 1.08. The summed E-state index contributed by atoms with van der Waals surface area (Å²) < 4.78 is 59.4. The van der Waals surface area contributed by atoms with Gasteiger partial charge in [0, 0.05) is 6.07 Å². The fourth-order valence-corrected chi connectivity index (χ4v) is 5.53. The van der Waals surface area contributed by atoms with Crippen molar-refractivity contribution in [2.24, 2.45) is 0 Å². The minimum absolute atomic E-state index is 0.144. The maximum atomic E-state index is 13.9. The molecule has 0 aliphatic rings. The molecule has 7 nitrogen and oxygen atoms in total. The Labute approximate surface area is 187 Å². The van der Waals surface area contributed by atoms with Crippen molar-refractivity contribution in [1.82, 2.24) is 0 Å². The molecule has 0 unspecified atom stereocenters. The third kappa shape index (κ3) is 4.94. The third-order valence-corrected chi connectivity index (χ3v) is 7.22. The number of nitrogens with zero attached hydrogens (tertiary/aromatic N) is 1. The molecule has 0 fully saturated rings. The number of aryl methyl sites for hydroxylation is 1. The zero-order valence-corrected chi connectivity index (χ0v) is 18.6. The number of ether oxygens (including phenoxy) is 1. The summed E-state index contributed by atoms with van der Waals surface area (Å²) in [5.74, 6) is -3.53. The number of carbonyl (C=O) groups is 2. The second-order valence-electron chi connectivity index (χ2n) is 6.63. The lowest BCUT2D eigenvalue weighted by Crippen LogP contribution is -2.38. The molecule has 3 rings (SSSR count). The van der Waals surface area contributed by atoms with Crippen LogP contribution in [0.2, 0.25) is 0 Å². The molecular formula is C21H18F2N2O5S2. The van der Waals surface area contributed by atoms with E-state index in [1.54, 1.807) is 19.1 Å². The molecule has 1 heterocycles. The zero-order valence-electron chi connectivity index (χ0n) is 17.0. The number of benzene rings is 2. The van der Waals surface area contributed by atoms with Gasteiger partial charge in [-0.15, -0.1) is 11.3 Å². The molecule has 2 aromatic carbocycles. The largest absolute Gasteiger partial charge is 0.465 e. The van der Waals surface area contributed by atoms with Gasteiger partial charge in [0.25, 0.3) is 10.0 Å². The minimum Gasteiger partial charge on any atom is -0.465 e. The highest BCUT2D eigenvalue weighted by Gasteiger charge is 2.32. The number of amides is 1. The molecule has 168 valence electrons. The van der Waals surface area contributed by atoms with Crippen molar-refractivity contribution in [3.05, 3.63) is 76.0 Å². The quantitative estimate of drug-likeness (QED) is 0.517. The van der Waals surface area contributed by atoms with Crippen LogP contribution in [0.1, 0.15) is 15.2 Å². The summed E-state index contributed by atoms with van der Waals surface area (Å²) in [7, 11) is -3.26. The van der Waals surface area contributed by atoms with Crippen molar-refractivity contribution in [3.8, 4) is 0 Å². The number of sulfonamides is 1. The number of rotatable bonds is 7. The van der Waals surface area contributed by atoms with Crippen LogP contribution in [0.25, 0.3) is 0 Å². The van der Waals surface area contributed by atoms with Crippen molar-refractivity contribution in [3.63, 3.8) is 0 Å². The Morgan fingerprint density at radius 1 is 1.09 bits per heavy atom. The Balaban J connectivity index is 1.99. The van der Waals surface area contributed by atoms with Crippen LogP contribution in [-0.4, -0.2) is 33.9 Å². The summed E-state index contributed by atoms with van der Waals surface area (Å²) in [6, 6.07) is 10.1. The predicted molar refractivity (Wildman–Crippen MR) is 116 cm³/mol. The molecule has 0 saturated carbocycles. The van der Waals surface area contributed by atoms with Crippen molar-refractivity contribution in [2.75, 3.05) is 23.3 Å². The number of halogens is 2. The Morgan fingerprint density at radius 2 is 1.78 bits per heavy atom. The number of esters is 1. The first kappa shape index (κ1) is 23.4. The number of hydrogen-bond acceptors (Lipinski definition) is 6. The number of carbonyl (C=O) groups excluding carboxylic acids is 2. The first-order valence-corrected chi connectivity index (χ1v) is 11.5. The average Bonchev–Trinajstić information content (AvgIpc) is 3.25. The van der Waals surface area contributed by atoms with Gasteiger partial charge in [-0.25, -0.2) is 22.0 Å². The molecule has 0 bridgehead atoms. The maximum absolute atomic E-state index is 13.9. The fourth-order valence-electron chi connectivity index (χ4n) is 2.80. The van der Waals surface area contributed by atoms with Crippen LogP contribution in [0.4, 0.5) is 20.2 Å². The first-order valence-electron chi connectivity index (χ1n) is 9.13. The highest BCUT2D eigenvalue weighted by Crippen LogP contribution is 2.30. The molecule has 32 heavy (non-hydrogen) atoms. The van der Waals surface area contributed by atoms with Crippen LogP contribution in [0.5, 0.6) is 0 Å². The second-order valence-corrected chi connectivity index (χ2v) is 9.37. The molecule has 0 spiro atoms. The molecular weight excluding hydrogens is 462 g/mol. The molecule has 1 amide bonds. The molecule has 1 aromatic heterocycles. The summed E-state index contributed by atoms with van der Waals surface area (Å²) >= 11 is 0.883. The van der Waals surface area contributed by atoms with E-state index in [1.165, 1.54) is 23.6 Å². The average molecular weight is 481 g/mol. The molecule has 11 heteroatoms. The first-order chi connectivity index (χ1) is 15.1. The van der Waals surface area contributed by atoms with Crippen LogP contribution < -0.4 is 9.62 Å². The lowest BCUT2D eigenvalue weighted by Gasteiger charge is -2.24. The molecule has 0 saturated heterocycles. The zero-order chi connectivity index (χ0) is 23.5. The van der Waals surface area contributed by atoms with Gasteiger partial charge in [-0.2, -0.15) is 0 Å². The van der Waals surface area contributed by atoms with E-state index in [2.05, 4.69) is 10.1 Å². The van der Waals surface area contributed by atoms with Crippen LogP contribution >= 0.6 is 11.3 Å². The van der Waals surface area contributed by atoms with E-state index in [0.717, 1.165) is 40.4 Å². The standard InChI is InChI=1S/C21H18F2N2O5S2/c1-13-3-6-15(7-4-13)25(12-19(26)24-17-8-5-14(22)11-16(17)23)32(28,29)18-9-10-31-20(18)21(27)30-2/h3-11H,12H2,1-2H3,(H,24,26). The lowest BCUT2D eigenvalue weighted by molar-refractivity contribution is -0.114. The van der Waals surface area contributed by atoms with Crippen molar-refractivity contribution < 1.29 is 31.5 Å². The summed E-state index contributed by atoms with van der Waals surface area (Å²) in [5, 5.41) is 3.66. The van der Waals surface area contributed by atoms with Gasteiger partial charge < -0.3 is 10.1 Å². The topological polar surface area (TPSA) is 92.8 Å². The van der Waals surface area contributed by atoms with Crippen LogP contribution in [0.3, 0.4) is 0 Å². The number of hydrogen-bond donors (Lipinski definition) is 1. The summed E-state index contributed by atoms with van der Waals surface area (Å²) in [4.78, 5) is 24.2. The van der Waals surface area contributed by atoms with E-state index in [4.69, 9.17) is 0 Å². The number of nitrogens with one attached hydrogen (secondary N) is 1. The smallest absolute Gasteiger partial charge is 0.349 e. The normalized spacial score (nSPS) is 11.1. The maximum Gasteiger partial charge on any atom is 0.349 e. The van der Waals surface area contributed by atoms with E-state index in [1.807, 2.05) is 0 Å². The van der Waals surface area contributed by atoms with Gasteiger partial charge in [-0.05, 0) is 42.6 Å². The van der Waals surface area contributed by atoms with Crippen molar-refractivity contribution in [2.45, 2.75) is 11.8 Å². The number of thiophene rings is 1. The van der Waals surface area contributed by atoms with Gasteiger partial charge in [-0.1, -0.05) is 17.7 Å². The lowest BCUT2D eigenvalue weighted by atomic mass is 10.2. The van der Waals surface area contributed by atoms with Gasteiger partial charge in [0.1, 0.15) is 28.0 Å². The minimum atomic E-state index is -4.39. The molecule has 0 atom stereocenters. The Hall–Kier alpha value is -3.31. The van der Waals surface area contributed by atoms with E-state index in [9.17, 15) is 26.8 Å². The second kappa shape index (κ2) is 9.45. The van der Waals surface area contributed by atoms with Crippen LogP contribution in [0.15, 0.2) is 58.8 Å². The number of methoxy groups -OCH3 is 1. The van der Waals surface area contributed by atoms with Crippen molar-refractivity contribution >= 4 is 44.6 Å². The highest BCUT2D eigenvalue weighted by molar-refractivity contribution is 7.93. The molecule has 0 aliphatic heterocycles. The van der Waals surface area contributed by atoms with E-state index < -0.39 is 40.1 Å². The monoisotopic (exact) mass is 480 g/mol. The van der Waals surface area contributed by atoms with Crippen molar-refractivity contribution in [1.29, 1.82) is 0 Å². The van der Waals surface area contributed by atoms with Crippen LogP contribution in [-0.2, 0) is 19.6 Å². The Kier molecular flexibility index (Phi) is 6.90. The van der Waals surface area contributed by atoms with E-state index in [0.29, 0.717) is 6.07 Å². The Morgan fingerprint density at radius 3 is 2.41 bits per heavy atom. The SMILES string of the molecule is COC(=O)c1sccc1S(=O)(=O)N(CC(=O)Nc1ccc(F)cc1F)c1ccc(C)cc1. The van der Waals surface area contributed by atoms with Gasteiger partial charge in [0.2, 0.25) is 5.91 Å². The van der Waals surface area contributed by atoms with E-state index >= 15 is 0 Å². The summed E-state index contributed by atoms with van der Waals surface area (Å²) in [5.41, 5.74) is 0.713. The molecule has 3 aromatic rings. The van der Waals surface area contributed by atoms with Gasteiger partial charge in [0.15, 0.2) is 0 Å². The predicted octanol–water partition coefficient (Wildman–Crippen LogP) is 3.96. The summed E-state index contributed by atoms with van der Waals surface area (Å²) in [6.07, 6.45) is 0. The Bertz CT molecular complexity index is 1260. The van der Waals surface area contributed by atoms with Gasteiger partial charge in [0.05, 0.1) is 18.5 Å². The molecule has 0 radical (unpaired) electrons. The van der Waals surface area contributed by atoms with Gasteiger partial charge >= 0.3 is 5.97 Å². The molecule has 1 N–H and O–H groups in total. The van der Waals surface area contributed by atoms with Gasteiger partial charge in [-0.3, -0.25) is 9.10 Å². The fraction of sp³-hybridized carbons (Fsp3) is 0.143. The third-order valence-electron chi connectivity index (χ3n) is 4.38.